The average molecular weight is 387 g/mol. The van der Waals surface area contributed by atoms with Gasteiger partial charge in [-0.1, -0.05) is 50.2 Å². The van der Waals surface area contributed by atoms with Crippen molar-refractivity contribution in [3.63, 3.8) is 0 Å². The molecule has 1 heterocycles. The quantitative estimate of drug-likeness (QED) is 0.450. The summed E-state index contributed by atoms with van der Waals surface area (Å²) in [6.45, 7) is 9.44. The Morgan fingerprint density at radius 2 is 1.43 bits per heavy atom. The zero-order valence-corrected chi connectivity index (χ0v) is 17.1. The second kappa shape index (κ2) is 7.85. The summed E-state index contributed by atoms with van der Waals surface area (Å²) in [4.78, 5) is 0. The van der Waals surface area contributed by atoms with Crippen LogP contribution in [-0.2, 0) is 11.8 Å². The first kappa shape index (κ1) is 22.4. The number of anilines is 2. The van der Waals surface area contributed by atoms with E-state index in [0.717, 1.165) is 16.9 Å². The van der Waals surface area contributed by atoms with Crippen LogP contribution in [0.2, 0.25) is 0 Å². The summed E-state index contributed by atoms with van der Waals surface area (Å²) in [5.74, 6) is 0. The molecule has 6 N–H and O–H groups in total. The Bertz CT molecular complexity index is 825. The summed E-state index contributed by atoms with van der Waals surface area (Å²) in [5.41, 5.74) is 3.13. The molecule has 152 valence electrons. The smallest absolute Gasteiger partial charge is 0.402 e. The van der Waals surface area contributed by atoms with Crippen LogP contribution in [0.25, 0.3) is 0 Å². The number of para-hydroxylation sites is 2. The standard InChI is InChI=1S/C21H27NO2.BH3O3/c1-19(2)15-10-6-7-12-17(15)22-18-14(9-8-11-16(18)19)13-21(5,24)20(3,4)23;2-1(3)4/h6-12,22-24H,13H2,1-5H3;2-4H. The molecule has 1 aliphatic heterocycles. The SMILES string of the molecule is CC1(C)c2ccccc2Nc2c(CC(C)(O)C(C)(C)O)cccc21.OB(O)O. The van der Waals surface area contributed by atoms with Crippen molar-refractivity contribution in [3.8, 4) is 0 Å². The van der Waals surface area contributed by atoms with E-state index in [1.165, 1.54) is 11.1 Å². The summed E-state index contributed by atoms with van der Waals surface area (Å²) < 4.78 is 0. The van der Waals surface area contributed by atoms with Gasteiger partial charge >= 0.3 is 7.32 Å². The third-order valence-corrected chi connectivity index (χ3v) is 5.54. The molecular formula is C21H30BNO5. The van der Waals surface area contributed by atoms with Crippen molar-refractivity contribution < 1.29 is 25.3 Å². The van der Waals surface area contributed by atoms with Crippen molar-refractivity contribution in [1.82, 2.24) is 0 Å². The van der Waals surface area contributed by atoms with Crippen LogP contribution < -0.4 is 5.32 Å². The number of benzene rings is 2. The fourth-order valence-corrected chi connectivity index (χ4v) is 3.42. The van der Waals surface area contributed by atoms with Gasteiger partial charge < -0.3 is 30.6 Å². The van der Waals surface area contributed by atoms with E-state index in [4.69, 9.17) is 15.1 Å². The normalized spacial score (nSPS) is 16.5. The molecule has 0 aliphatic carbocycles. The molecule has 7 heteroatoms. The van der Waals surface area contributed by atoms with Crippen molar-refractivity contribution in [2.75, 3.05) is 5.32 Å². The van der Waals surface area contributed by atoms with Crippen molar-refractivity contribution in [1.29, 1.82) is 0 Å². The van der Waals surface area contributed by atoms with E-state index < -0.39 is 18.5 Å². The average Bonchev–Trinajstić information content (AvgIpc) is 2.54. The largest absolute Gasteiger partial charge is 0.631 e. The maximum atomic E-state index is 10.8. The van der Waals surface area contributed by atoms with Gasteiger partial charge in [0, 0.05) is 23.2 Å². The monoisotopic (exact) mass is 387 g/mol. The number of hydrogen-bond acceptors (Lipinski definition) is 6. The second-order valence-electron chi connectivity index (χ2n) is 8.49. The van der Waals surface area contributed by atoms with Crippen LogP contribution >= 0.6 is 0 Å². The van der Waals surface area contributed by atoms with Crippen molar-refractivity contribution in [3.05, 3.63) is 59.2 Å². The van der Waals surface area contributed by atoms with Crippen molar-refractivity contribution in [2.24, 2.45) is 0 Å². The molecule has 0 saturated heterocycles. The second-order valence-corrected chi connectivity index (χ2v) is 8.49. The van der Waals surface area contributed by atoms with Crippen LogP contribution in [0.3, 0.4) is 0 Å². The molecule has 6 nitrogen and oxygen atoms in total. The van der Waals surface area contributed by atoms with Gasteiger partial charge in [0.1, 0.15) is 0 Å². The molecular weight excluding hydrogens is 357 g/mol. The Hall–Kier alpha value is -1.90. The molecule has 1 unspecified atom stereocenters. The third kappa shape index (κ3) is 4.56. The Labute approximate surface area is 166 Å². The van der Waals surface area contributed by atoms with Crippen LogP contribution in [0.15, 0.2) is 42.5 Å². The van der Waals surface area contributed by atoms with Gasteiger partial charge in [0.25, 0.3) is 0 Å². The topological polar surface area (TPSA) is 113 Å². The number of hydrogen-bond donors (Lipinski definition) is 6. The Kier molecular flexibility index (Phi) is 6.28. The zero-order valence-electron chi connectivity index (χ0n) is 17.1. The van der Waals surface area contributed by atoms with Gasteiger partial charge in [-0.25, -0.2) is 0 Å². The first-order valence-corrected chi connectivity index (χ1v) is 9.25. The van der Waals surface area contributed by atoms with Crippen molar-refractivity contribution >= 4 is 18.7 Å². The molecule has 0 saturated carbocycles. The number of nitrogens with one attached hydrogen (secondary N) is 1. The summed E-state index contributed by atoms with van der Waals surface area (Å²) in [7, 11) is -2.17. The van der Waals surface area contributed by atoms with Gasteiger partial charge in [0.15, 0.2) is 0 Å². The number of aliphatic hydroxyl groups is 2. The highest BCUT2D eigenvalue weighted by atomic mass is 16.5. The highest BCUT2D eigenvalue weighted by molar-refractivity contribution is 6.30. The van der Waals surface area contributed by atoms with Gasteiger partial charge in [0.2, 0.25) is 0 Å². The van der Waals surface area contributed by atoms with Gasteiger partial charge in [-0.05, 0) is 43.5 Å². The lowest BCUT2D eigenvalue weighted by Crippen LogP contribution is -2.49. The summed E-state index contributed by atoms with van der Waals surface area (Å²) in [6.07, 6.45) is 0.380. The number of rotatable bonds is 3. The Balaban J connectivity index is 0.000000640. The predicted octanol–water partition coefficient (Wildman–Crippen LogP) is 2.08. The predicted molar refractivity (Wildman–Crippen MR) is 111 cm³/mol. The highest BCUT2D eigenvalue weighted by Gasteiger charge is 2.40. The van der Waals surface area contributed by atoms with Crippen LogP contribution in [-0.4, -0.2) is 43.8 Å². The first-order chi connectivity index (χ1) is 12.8. The molecule has 2 aromatic rings. The highest BCUT2D eigenvalue weighted by Crippen LogP contribution is 2.47. The van der Waals surface area contributed by atoms with E-state index in [1.54, 1.807) is 20.8 Å². The van der Waals surface area contributed by atoms with Crippen LogP contribution in [0, 0.1) is 0 Å². The summed E-state index contributed by atoms with van der Waals surface area (Å²) >= 11 is 0. The zero-order chi connectivity index (χ0) is 21.3. The van der Waals surface area contributed by atoms with Crippen LogP contribution in [0.1, 0.15) is 51.3 Å². The summed E-state index contributed by atoms with van der Waals surface area (Å²) in [5, 5.41) is 46.1. The lowest BCUT2D eigenvalue weighted by atomic mass is 9.72. The van der Waals surface area contributed by atoms with Crippen LogP contribution in [0.5, 0.6) is 0 Å². The molecule has 28 heavy (non-hydrogen) atoms. The minimum Gasteiger partial charge on any atom is -0.402 e. The lowest BCUT2D eigenvalue weighted by molar-refractivity contribution is -0.118. The van der Waals surface area contributed by atoms with E-state index in [-0.39, 0.29) is 5.41 Å². The molecule has 2 aromatic carbocycles. The molecule has 3 rings (SSSR count). The summed E-state index contributed by atoms with van der Waals surface area (Å²) in [6, 6.07) is 14.5. The minimum absolute atomic E-state index is 0.117. The van der Waals surface area contributed by atoms with E-state index in [2.05, 4.69) is 43.4 Å². The molecule has 0 aromatic heterocycles. The fourth-order valence-electron chi connectivity index (χ4n) is 3.42. The Morgan fingerprint density at radius 1 is 0.893 bits per heavy atom. The van der Waals surface area contributed by atoms with E-state index in [0.29, 0.717) is 6.42 Å². The molecule has 0 amide bonds. The maximum Gasteiger partial charge on any atom is 0.631 e. The molecule has 0 bridgehead atoms. The van der Waals surface area contributed by atoms with Gasteiger partial charge in [0.05, 0.1) is 11.2 Å². The molecule has 1 atom stereocenters. The third-order valence-electron chi connectivity index (χ3n) is 5.54. The maximum absolute atomic E-state index is 10.8. The van der Waals surface area contributed by atoms with E-state index >= 15 is 0 Å². The molecule has 0 spiro atoms. The van der Waals surface area contributed by atoms with Gasteiger partial charge in [-0.3, -0.25) is 0 Å². The van der Waals surface area contributed by atoms with E-state index in [1.807, 2.05) is 18.2 Å². The fraction of sp³-hybridized carbons (Fsp3) is 0.429. The number of fused-ring (bicyclic) bond motifs is 2. The molecule has 1 aliphatic rings. The minimum atomic E-state index is -2.17. The Morgan fingerprint density at radius 3 is 2.00 bits per heavy atom. The van der Waals surface area contributed by atoms with Crippen molar-refractivity contribution in [2.45, 2.75) is 57.7 Å². The van der Waals surface area contributed by atoms with E-state index in [9.17, 15) is 10.2 Å². The van der Waals surface area contributed by atoms with Gasteiger partial charge in [-0.15, -0.1) is 0 Å². The molecule has 0 radical (unpaired) electrons. The molecule has 0 fully saturated rings. The van der Waals surface area contributed by atoms with Gasteiger partial charge in [-0.2, -0.15) is 0 Å². The first-order valence-electron chi connectivity index (χ1n) is 9.25. The van der Waals surface area contributed by atoms with Crippen LogP contribution in [0.4, 0.5) is 11.4 Å². The lowest BCUT2D eigenvalue weighted by Gasteiger charge is -2.39.